The summed E-state index contributed by atoms with van der Waals surface area (Å²) in [5.41, 5.74) is 0.390. The van der Waals surface area contributed by atoms with Gasteiger partial charge >= 0.3 is 0 Å². The summed E-state index contributed by atoms with van der Waals surface area (Å²) >= 11 is 3.31. The summed E-state index contributed by atoms with van der Waals surface area (Å²) in [5, 5.41) is 6.37. The van der Waals surface area contributed by atoms with Crippen molar-refractivity contribution in [2.75, 3.05) is 27.4 Å². The highest BCUT2D eigenvalue weighted by Gasteiger charge is 2.04. The summed E-state index contributed by atoms with van der Waals surface area (Å²) in [5.74, 6) is 0. The number of hydrogen-bond donors (Lipinski definition) is 2. The van der Waals surface area contributed by atoms with Crippen molar-refractivity contribution in [2.45, 2.75) is 0 Å². The topological polar surface area (TPSA) is 64.7 Å². The highest BCUT2D eigenvalue weighted by Crippen LogP contribution is 2.04. The third kappa shape index (κ3) is 7.23. The molecule has 0 aliphatic rings. The van der Waals surface area contributed by atoms with Crippen LogP contribution in [0.1, 0.15) is 0 Å². The molecule has 0 aromatic heterocycles. The van der Waals surface area contributed by atoms with Crippen molar-refractivity contribution >= 4 is 26.0 Å². The van der Waals surface area contributed by atoms with Crippen LogP contribution in [0.5, 0.6) is 0 Å². The van der Waals surface area contributed by atoms with Gasteiger partial charge in [0, 0.05) is 27.3 Å². The summed E-state index contributed by atoms with van der Waals surface area (Å²) in [7, 11) is 2.07. The fraction of sp³-hybridized carbons (Fsp3) is 0.400. The Labute approximate surface area is 117 Å². The third-order valence-electron chi connectivity index (χ3n) is 1.89. The van der Waals surface area contributed by atoms with Crippen molar-refractivity contribution in [3.8, 4) is 0 Å². The van der Waals surface area contributed by atoms with E-state index in [1.54, 1.807) is 36.5 Å². The van der Waals surface area contributed by atoms with Crippen LogP contribution < -0.4 is 10.0 Å². The number of nitrogens with zero attached hydrogens (tertiary/aromatic N) is 2. The van der Waals surface area contributed by atoms with E-state index in [4.69, 9.17) is 0 Å². The van der Waals surface area contributed by atoms with E-state index in [9.17, 15) is 8.42 Å². The van der Waals surface area contributed by atoms with Crippen molar-refractivity contribution in [2.24, 2.45) is 0 Å². The summed E-state index contributed by atoms with van der Waals surface area (Å²) < 4.78 is 25.4. The molecule has 0 aliphatic carbocycles. The normalized spacial score (nSPS) is 12.9. The van der Waals surface area contributed by atoms with Crippen LogP contribution in [0.25, 0.3) is 0 Å². The van der Waals surface area contributed by atoms with Gasteiger partial charge in [-0.15, -0.1) is 0 Å². The zero-order chi connectivity index (χ0) is 14.3. The van der Waals surface area contributed by atoms with Crippen molar-refractivity contribution in [1.29, 1.82) is 0 Å². The molecule has 0 atom stereocenters. The molecule has 0 radical (unpaired) electrons. The first-order chi connectivity index (χ1) is 8.19. The molecular weight excluding hydrogens is 320 g/mol. The minimum atomic E-state index is -3.31. The Kier molecular flexibility index (Phi) is 6.85. The molecule has 0 aromatic rings. The maximum Gasteiger partial charge on any atom is 0.229 e. The van der Waals surface area contributed by atoms with E-state index in [0.717, 1.165) is 10.9 Å². The van der Waals surface area contributed by atoms with Gasteiger partial charge in [-0.2, -0.15) is 0 Å². The summed E-state index contributed by atoms with van der Waals surface area (Å²) in [6, 6.07) is 0. The van der Waals surface area contributed by atoms with Crippen LogP contribution in [0.3, 0.4) is 0 Å². The second-order valence-corrected chi connectivity index (χ2v) is 6.14. The Morgan fingerprint density at radius 1 is 1.28 bits per heavy atom. The van der Waals surface area contributed by atoms with Crippen molar-refractivity contribution in [3.63, 3.8) is 0 Å². The van der Waals surface area contributed by atoms with Crippen LogP contribution in [0.15, 0.2) is 35.4 Å². The SMILES string of the molecule is C=C/C(=C\N(C)N(C)/C=C(/Br)NC)NS(C)(=O)=O. The second kappa shape index (κ2) is 7.32. The van der Waals surface area contributed by atoms with Crippen LogP contribution in [0, 0.1) is 0 Å². The number of hydrazine groups is 1. The Hall–Kier alpha value is -1.15. The molecule has 0 rings (SSSR count). The van der Waals surface area contributed by atoms with E-state index in [1.165, 1.54) is 6.08 Å². The van der Waals surface area contributed by atoms with Crippen molar-refractivity contribution in [1.82, 2.24) is 20.1 Å². The third-order valence-corrected chi connectivity index (χ3v) is 3.09. The Balaban J connectivity index is 4.87. The molecule has 8 heteroatoms. The van der Waals surface area contributed by atoms with E-state index < -0.39 is 10.0 Å². The maximum absolute atomic E-state index is 11.1. The molecule has 18 heavy (non-hydrogen) atoms. The minimum Gasteiger partial charge on any atom is -0.381 e. The number of hydrogen-bond acceptors (Lipinski definition) is 5. The van der Waals surface area contributed by atoms with Crippen molar-refractivity contribution in [3.05, 3.63) is 35.4 Å². The van der Waals surface area contributed by atoms with Crippen LogP contribution in [-0.4, -0.2) is 45.8 Å². The van der Waals surface area contributed by atoms with E-state index >= 15 is 0 Å². The zero-order valence-corrected chi connectivity index (χ0v) is 13.3. The molecule has 0 amide bonds. The number of allylic oxidation sites excluding steroid dienone is 1. The highest BCUT2D eigenvalue weighted by molar-refractivity contribution is 9.11. The maximum atomic E-state index is 11.1. The molecule has 104 valence electrons. The first kappa shape index (κ1) is 16.9. The lowest BCUT2D eigenvalue weighted by Crippen LogP contribution is -2.31. The highest BCUT2D eigenvalue weighted by atomic mass is 79.9. The average Bonchev–Trinajstić information content (AvgIpc) is 2.25. The molecule has 0 aliphatic heterocycles. The molecular formula is C10H19BrN4O2S. The largest absolute Gasteiger partial charge is 0.381 e. The Morgan fingerprint density at radius 2 is 1.78 bits per heavy atom. The fourth-order valence-electron chi connectivity index (χ4n) is 0.947. The minimum absolute atomic E-state index is 0.390. The monoisotopic (exact) mass is 338 g/mol. The average molecular weight is 339 g/mol. The van der Waals surface area contributed by atoms with Crippen LogP contribution in [-0.2, 0) is 10.0 Å². The Bertz CT molecular complexity index is 445. The Morgan fingerprint density at radius 3 is 2.17 bits per heavy atom. The molecule has 0 bridgehead atoms. The van der Waals surface area contributed by atoms with Crippen LogP contribution >= 0.6 is 15.9 Å². The van der Waals surface area contributed by atoms with E-state index in [2.05, 4.69) is 32.5 Å². The van der Waals surface area contributed by atoms with Gasteiger partial charge in [-0.1, -0.05) is 6.58 Å². The van der Waals surface area contributed by atoms with Crippen LogP contribution in [0.2, 0.25) is 0 Å². The van der Waals surface area contributed by atoms with E-state index in [1.807, 2.05) is 7.05 Å². The molecule has 0 aromatic carbocycles. The van der Waals surface area contributed by atoms with Crippen molar-refractivity contribution < 1.29 is 8.42 Å². The molecule has 0 unspecified atom stereocenters. The van der Waals surface area contributed by atoms with Gasteiger partial charge in [-0.05, 0) is 22.0 Å². The van der Waals surface area contributed by atoms with Gasteiger partial charge in [0.25, 0.3) is 0 Å². The molecule has 0 fully saturated rings. The van der Waals surface area contributed by atoms with Gasteiger partial charge in [0.1, 0.15) is 0 Å². The standard InChI is InChI=1S/C10H19BrN4O2S/c1-6-9(13-18(5,16)17)7-14(3)15(4)8-10(11)12-2/h6-8,12-13H,1H2,2-5H3/b9-7+,10-8-. The number of halogens is 1. The number of sulfonamides is 1. The van der Waals surface area contributed by atoms with Gasteiger partial charge in [0.2, 0.25) is 10.0 Å². The van der Waals surface area contributed by atoms with Gasteiger partial charge in [0.15, 0.2) is 0 Å². The van der Waals surface area contributed by atoms with E-state index in [0.29, 0.717) is 5.70 Å². The van der Waals surface area contributed by atoms with Gasteiger partial charge in [0.05, 0.1) is 22.8 Å². The lowest BCUT2D eigenvalue weighted by Gasteiger charge is -2.26. The predicted molar refractivity (Wildman–Crippen MR) is 77.9 cm³/mol. The quantitative estimate of drug-likeness (QED) is 0.407. The first-order valence-corrected chi connectivity index (χ1v) is 7.70. The number of rotatable bonds is 7. The van der Waals surface area contributed by atoms with Gasteiger partial charge in [-0.25, -0.2) is 8.42 Å². The zero-order valence-electron chi connectivity index (χ0n) is 10.9. The lowest BCUT2D eigenvalue weighted by atomic mass is 10.5. The van der Waals surface area contributed by atoms with E-state index in [-0.39, 0.29) is 0 Å². The molecule has 0 saturated heterocycles. The summed E-state index contributed by atoms with van der Waals surface area (Å²) in [6.45, 7) is 3.56. The predicted octanol–water partition coefficient (Wildman–Crippen LogP) is 0.755. The first-order valence-electron chi connectivity index (χ1n) is 5.02. The summed E-state index contributed by atoms with van der Waals surface area (Å²) in [4.78, 5) is 0. The fourth-order valence-corrected chi connectivity index (χ4v) is 1.81. The molecule has 6 nitrogen and oxygen atoms in total. The van der Waals surface area contributed by atoms with Gasteiger partial charge < -0.3 is 5.32 Å². The molecule has 0 spiro atoms. The van der Waals surface area contributed by atoms with Gasteiger partial charge in [-0.3, -0.25) is 14.7 Å². The number of nitrogens with one attached hydrogen (secondary N) is 2. The summed E-state index contributed by atoms with van der Waals surface area (Å²) in [6.07, 6.45) is 5.92. The lowest BCUT2D eigenvalue weighted by molar-refractivity contribution is 0.142. The second-order valence-electron chi connectivity index (χ2n) is 3.54. The molecule has 0 heterocycles. The molecule has 0 saturated carbocycles. The molecule has 2 N–H and O–H groups in total. The smallest absolute Gasteiger partial charge is 0.229 e. The van der Waals surface area contributed by atoms with Crippen LogP contribution in [0.4, 0.5) is 0 Å².